The summed E-state index contributed by atoms with van der Waals surface area (Å²) in [7, 11) is 0. The molecule has 1 aliphatic heterocycles. The Morgan fingerprint density at radius 2 is 2.21 bits per heavy atom. The molecule has 0 fully saturated rings. The summed E-state index contributed by atoms with van der Waals surface area (Å²) in [6.45, 7) is 2.30. The van der Waals surface area contributed by atoms with Crippen molar-refractivity contribution in [2.45, 2.75) is 32.4 Å². The van der Waals surface area contributed by atoms with Gasteiger partial charge in [0.2, 0.25) is 5.91 Å². The molecule has 3 rings (SSSR count). The van der Waals surface area contributed by atoms with E-state index in [2.05, 4.69) is 5.32 Å². The van der Waals surface area contributed by atoms with Crippen molar-refractivity contribution in [1.82, 2.24) is 9.88 Å². The Balaban J connectivity index is 1.78. The van der Waals surface area contributed by atoms with Gasteiger partial charge in [0.1, 0.15) is 12.3 Å². The number of para-hydroxylation sites is 1. The Kier molecular flexibility index (Phi) is 4.90. The van der Waals surface area contributed by atoms with Crippen molar-refractivity contribution in [2.24, 2.45) is 0 Å². The molecule has 1 aliphatic rings. The molecule has 0 saturated carbocycles. The van der Waals surface area contributed by atoms with Crippen molar-refractivity contribution in [3.63, 3.8) is 0 Å². The third-order valence-electron chi connectivity index (χ3n) is 4.12. The third kappa shape index (κ3) is 3.46. The van der Waals surface area contributed by atoms with E-state index in [0.717, 1.165) is 18.4 Å². The molecule has 0 aliphatic carbocycles. The van der Waals surface area contributed by atoms with E-state index >= 15 is 0 Å². The molecule has 24 heavy (non-hydrogen) atoms. The molecule has 6 heteroatoms. The van der Waals surface area contributed by atoms with Gasteiger partial charge in [-0.2, -0.15) is 0 Å². The fraction of sp³-hybridized carbons (Fsp3) is 0.333. The minimum atomic E-state index is -0.208. The van der Waals surface area contributed by atoms with Crippen LogP contribution in [0.1, 0.15) is 30.0 Å². The van der Waals surface area contributed by atoms with E-state index in [1.807, 2.05) is 12.1 Å². The Bertz CT molecular complexity index is 816. The Morgan fingerprint density at radius 1 is 1.38 bits per heavy atom. The number of benzene rings is 1. The van der Waals surface area contributed by atoms with Gasteiger partial charge in [-0.3, -0.25) is 9.59 Å². The lowest BCUT2D eigenvalue weighted by atomic mass is 10.0. The molecule has 5 nitrogen and oxygen atoms in total. The van der Waals surface area contributed by atoms with E-state index in [9.17, 15) is 9.59 Å². The molecule has 2 aromatic rings. The molecule has 0 saturated heterocycles. The molecule has 1 N–H and O–H groups in total. The number of rotatable bonds is 3. The topological polar surface area (TPSA) is 60.3 Å². The summed E-state index contributed by atoms with van der Waals surface area (Å²) in [4.78, 5) is 24.4. The number of ether oxygens (including phenoxy) is 1. The second-order valence-corrected chi connectivity index (χ2v) is 6.30. The number of hydrogen-bond acceptors (Lipinski definition) is 3. The van der Waals surface area contributed by atoms with Crippen LogP contribution in [0.25, 0.3) is 0 Å². The predicted molar refractivity (Wildman–Crippen MR) is 92.5 cm³/mol. The number of pyridine rings is 1. The van der Waals surface area contributed by atoms with Gasteiger partial charge in [-0.1, -0.05) is 29.8 Å². The van der Waals surface area contributed by atoms with Gasteiger partial charge in [0.25, 0.3) is 5.56 Å². The first-order chi connectivity index (χ1) is 11.6. The normalized spacial score (nSPS) is 16.7. The Hall–Kier alpha value is -2.27. The second-order valence-electron chi connectivity index (χ2n) is 5.89. The van der Waals surface area contributed by atoms with Crippen molar-refractivity contribution < 1.29 is 9.53 Å². The van der Waals surface area contributed by atoms with Crippen LogP contribution >= 0.6 is 11.6 Å². The molecule has 0 bridgehead atoms. The van der Waals surface area contributed by atoms with Crippen molar-refractivity contribution in [3.8, 4) is 5.75 Å². The summed E-state index contributed by atoms with van der Waals surface area (Å²) >= 11 is 6.20. The summed E-state index contributed by atoms with van der Waals surface area (Å²) in [6.07, 6.45) is 3.21. The predicted octanol–water partition coefficient (Wildman–Crippen LogP) is 2.84. The van der Waals surface area contributed by atoms with Gasteiger partial charge >= 0.3 is 0 Å². The van der Waals surface area contributed by atoms with Crippen molar-refractivity contribution in [3.05, 3.63) is 63.0 Å². The molecular weight excluding hydrogens is 328 g/mol. The van der Waals surface area contributed by atoms with Crippen LogP contribution in [0.5, 0.6) is 5.75 Å². The fourth-order valence-corrected chi connectivity index (χ4v) is 3.13. The van der Waals surface area contributed by atoms with Gasteiger partial charge in [-0.25, -0.2) is 0 Å². The number of aromatic nitrogens is 1. The van der Waals surface area contributed by atoms with Crippen molar-refractivity contribution in [2.75, 3.05) is 6.61 Å². The first kappa shape index (κ1) is 16.6. The van der Waals surface area contributed by atoms with Gasteiger partial charge < -0.3 is 14.6 Å². The number of hydrogen-bond donors (Lipinski definition) is 1. The van der Waals surface area contributed by atoms with E-state index < -0.39 is 0 Å². The second kappa shape index (κ2) is 7.09. The zero-order chi connectivity index (χ0) is 17.1. The molecule has 1 aromatic heterocycles. The minimum absolute atomic E-state index is 0.00618. The third-order valence-corrected chi connectivity index (χ3v) is 4.41. The number of aryl methyl sites for hydroxylation is 1. The standard InChI is InChI=1S/C18H19ClN2O3/c1-12-5-3-9-21(18(12)23)11-16(22)20-15-8-4-10-24-17-13(15)6-2-7-14(17)19/h2-3,5-7,9,15H,4,8,10-11H2,1H3,(H,20,22). The number of amides is 1. The van der Waals surface area contributed by atoms with Gasteiger partial charge in [0.05, 0.1) is 17.7 Å². The average molecular weight is 347 g/mol. The number of carbonyl (C=O) groups excluding carboxylic acids is 1. The molecule has 0 radical (unpaired) electrons. The highest BCUT2D eigenvalue weighted by molar-refractivity contribution is 6.32. The lowest BCUT2D eigenvalue weighted by Crippen LogP contribution is -2.35. The minimum Gasteiger partial charge on any atom is -0.492 e. The monoisotopic (exact) mass is 346 g/mol. The van der Waals surface area contributed by atoms with Crippen LogP contribution in [0, 0.1) is 6.92 Å². The molecule has 126 valence electrons. The van der Waals surface area contributed by atoms with Gasteiger partial charge in [0, 0.05) is 17.3 Å². The summed E-state index contributed by atoms with van der Waals surface area (Å²) in [6, 6.07) is 8.86. The molecular formula is C18H19ClN2O3. The van der Waals surface area contributed by atoms with Crippen LogP contribution in [-0.4, -0.2) is 17.1 Å². The van der Waals surface area contributed by atoms with E-state index in [1.165, 1.54) is 4.57 Å². The lowest BCUT2D eigenvalue weighted by Gasteiger charge is -2.19. The Morgan fingerprint density at radius 3 is 3.04 bits per heavy atom. The van der Waals surface area contributed by atoms with Crippen molar-refractivity contribution in [1.29, 1.82) is 0 Å². The Labute approximate surface area is 145 Å². The van der Waals surface area contributed by atoms with Gasteiger partial charge in [-0.05, 0) is 31.9 Å². The van der Waals surface area contributed by atoms with Crippen LogP contribution in [-0.2, 0) is 11.3 Å². The van der Waals surface area contributed by atoms with E-state index in [1.54, 1.807) is 31.3 Å². The summed E-state index contributed by atoms with van der Waals surface area (Å²) in [5, 5.41) is 3.55. The van der Waals surface area contributed by atoms with E-state index in [-0.39, 0.29) is 24.1 Å². The molecule has 0 spiro atoms. The first-order valence-electron chi connectivity index (χ1n) is 7.93. The summed E-state index contributed by atoms with van der Waals surface area (Å²) < 4.78 is 7.12. The van der Waals surface area contributed by atoms with Gasteiger partial charge in [-0.15, -0.1) is 0 Å². The zero-order valence-corrected chi connectivity index (χ0v) is 14.2. The van der Waals surface area contributed by atoms with Crippen LogP contribution in [0.4, 0.5) is 0 Å². The SMILES string of the molecule is Cc1cccn(CC(=O)NC2CCCOc3c(Cl)cccc32)c1=O. The van der Waals surface area contributed by atoms with Crippen LogP contribution in [0.2, 0.25) is 5.02 Å². The highest BCUT2D eigenvalue weighted by atomic mass is 35.5. The smallest absolute Gasteiger partial charge is 0.253 e. The van der Waals surface area contributed by atoms with Gasteiger partial charge in [0.15, 0.2) is 0 Å². The number of halogens is 1. The number of nitrogens with zero attached hydrogens (tertiary/aromatic N) is 1. The van der Waals surface area contributed by atoms with Crippen LogP contribution < -0.4 is 15.6 Å². The molecule has 1 amide bonds. The average Bonchev–Trinajstić information content (AvgIpc) is 2.76. The maximum absolute atomic E-state index is 12.4. The number of nitrogens with one attached hydrogen (secondary N) is 1. The lowest BCUT2D eigenvalue weighted by molar-refractivity contribution is -0.122. The molecule has 1 unspecified atom stereocenters. The molecule has 1 aromatic carbocycles. The zero-order valence-electron chi connectivity index (χ0n) is 13.4. The van der Waals surface area contributed by atoms with Crippen LogP contribution in [0.3, 0.4) is 0 Å². The largest absolute Gasteiger partial charge is 0.492 e. The molecule has 2 heterocycles. The van der Waals surface area contributed by atoms with Crippen molar-refractivity contribution >= 4 is 17.5 Å². The number of fused-ring (bicyclic) bond motifs is 1. The number of carbonyl (C=O) groups is 1. The van der Waals surface area contributed by atoms with E-state index in [0.29, 0.717) is 22.9 Å². The van der Waals surface area contributed by atoms with Crippen LogP contribution in [0.15, 0.2) is 41.3 Å². The highest BCUT2D eigenvalue weighted by Gasteiger charge is 2.23. The first-order valence-corrected chi connectivity index (χ1v) is 8.30. The summed E-state index contributed by atoms with van der Waals surface area (Å²) in [5.74, 6) is 0.426. The maximum atomic E-state index is 12.4. The quantitative estimate of drug-likeness (QED) is 0.929. The maximum Gasteiger partial charge on any atom is 0.253 e. The molecule has 1 atom stereocenters. The van der Waals surface area contributed by atoms with E-state index in [4.69, 9.17) is 16.3 Å². The fourth-order valence-electron chi connectivity index (χ4n) is 2.90. The highest BCUT2D eigenvalue weighted by Crippen LogP contribution is 2.36. The summed E-state index contributed by atoms with van der Waals surface area (Å²) in [5.41, 5.74) is 1.34.